The van der Waals surface area contributed by atoms with Gasteiger partial charge in [0.25, 0.3) is 0 Å². The maximum absolute atomic E-state index is 12.9. The summed E-state index contributed by atoms with van der Waals surface area (Å²) in [5.74, 6) is -0.0192. The third-order valence-electron chi connectivity index (χ3n) is 5.05. The van der Waals surface area contributed by atoms with Gasteiger partial charge in [0.05, 0.1) is 6.61 Å². The molecule has 0 atom stereocenters. The molecule has 132 valence electrons. The highest BCUT2D eigenvalue weighted by atomic mass is 19.4. The van der Waals surface area contributed by atoms with Crippen LogP contribution < -0.4 is 4.74 Å². The van der Waals surface area contributed by atoms with Gasteiger partial charge in [0.1, 0.15) is 5.75 Å². The lowest BCUT2D eigenvalue weighted by Gasteiger charge is -2.51. The van der Waals surface area contributed by atoms with Crippen LogP contribution in [0.1, 0.15) is 31.4 Å². The zero-order valence-electron chi connectivity index (χ0n) is 13.1. The van der Waals surface area contributed by atoms with E-state index in [-0.39, 0.29) is 23.7 Å². The molecule has 1 aliphatic heterocycles. The van der Waals surface area contributed by atoms with Gasteiger partial charge in [-0.05, 0) is 49.1 Å². The minimum absolute atomic E-state index is 0.141. The van der Waals surface area contributed by atoms with Gasteiger partial charge in [-0.2, -0.15) is 13.2 Å². The molecule has 2 fully saturated rings. The van der Waals surface area contributed by atoms with Crippen molar-refractivity contribution >= 4 is 6.09 Å². The Morgan fingerprint density at radius 2 is 2.04 bits per heavy atom. The zero-order valence-corrected chi connectivity index (χ0v) is 13.1. The summed E-state index contributed by atoms with van der Waals surface area (Å²) in [6.07, 6.45) is -0.928. The molecule has 0 bridgehead atoms. The molecule has 2 aliphatic rings. The van der Waals surface area contributed by atoms with Gasteiger partial charge in [0, 0.05) is 19.3 Å². The molecule has 1 saturated carbocycles. The Morgan fingerprint density at radius 1 is 1.38 bits per heavy atom. The van der Waals surface area contributed by atoms with Crippen molar-refractivity contribution in [3.8, 4) is 5.75 Å². The number of ether oxygens (including phenoxy) is 1. The summed E-state index contributed by atoms with van der Waals surface area (Å²) in [6.45, 7) is 1.30. The Morgan fingerprint density at radius 3 is 2.62 bits per heavy atom. The number of carboxylic acid groups (broad SMARTS) is 1. The topological polar surface area (TPSA) is 62.7 Å². The van der Waals surface area contributed by atoms with Crippen LogP contribution in [-0.4, -0.2) is 40.8 Å². The van der Waals surface area contributed by atoms with E-state index < -0.39 is 18.0 Å². The lowest BCUT2D eigenvalue weighted by molar-refractivity contribution is -0.143. The van der Waals surface area contributed by atoms with Gasteiger partial charge in [0.2, 0.25) is 0 Å². The molecule has 0 aromatic carbocycles. The number of pyridine rings is 1. The van der Waals surface area contributed by atoms with E-state index in [1.54, 1.807) is 0 Å². The number of hydrogen-bond donors (Lipinski definition) is 1. The lowest BCUT2D eigenvalue weighted by atomic mass is 9.58. The molecule has 0 radical (unpaired) electrons. The summed E-state index contributed by atoms with van der Waals surface area (Å²) in [7, 11) is 0. The van der Waals surface area contributed by atoms with Crippen molar-refractivity contribution in [2.45, 2.75) is 31.9 Å². The van der Waals surface area contributed by atoms with E-state index in [9.17, 15) is 18.0 Å². The molecule has 1 saturated heterocycles. The molecule has 5 nitrogen and oxygen atoms in total. The molecule has 8 heteroatoms. The molecule has 0 unspecified atom stereocenters. The Kier molecular flexibility index (Phi) is 4.31. The summed E-state index contributed by atoms with van der Waals surface area (Å²) in [5, 5.41) is 8.96. The van der Waals surface area contributed by atoms with Gasteiger partial charge in [-0.15, -0.1) is 0 Å². The van der Waals surface area contributed by atoms with Crippen LogP contribution in [0.4, 0.5) is 18.0 Å². The fourth-order valence-electron chi connectivity index (χ4n) is 3.79. The minimum Gasteiger partial charge on any atom is -0.491 e. The smallest absolute Gasteiger partial charge is 0.437 e. The van der Waals surface area contributed by atoms with Gasteiger partial charge in [0.15, 0.2) is 5.69 Å². The van der Waals surface area contributed by atoms with Gasteiger partial charge < -0.3 is 14.7 Å². The molecule has 1 aliphatic carbocycles. The van der Waals surface area contributed by atoms with Crippen molar-refractivity contribution in [3.05, 3.63) is 24.0 Å². The number of nitrogens with zero attached hydrogens (tertiary/aromatic N) is 2. The third kappa shape index (κ3) is 3.42. The molecule has 1 spiro atoms. The molecular weight excluding hydrogens is 325 g/mol. The van der Waals surface area contributed by atoms with Crippen LogP contribution in [0.15, 0.2) is 18.3 Å². The second-order valence-electron chi connectivity index (χ2n) is 6.70. The standard InChI is InChI=1S/C16H19F3N2O3/c17-16(18,19)13-12(2-1-5-20-13)24-10-11-8-15(9-11)3-6-21(7-4-15)14(22)23/h1-2,5,11H,3-4,6-10H2,(H,22,23). The Bertz CT molecular complexity index is 605. The maximum atomic E-state index is 12.9. The monoisotopic (exact) mass is 344 g/mol. The molecule has 1 aromatic heterocycles. The number of piperidine rings is 1. The van der Waals surface area contributed by atoms with Crippen LogP contribution in [0.5, 0.6) is 5.75 Å². The number of halogens is 3. The Balaban J connectivity index is 1.50. The number of alkyl halides is 3. The number of carbonyl (C=O) groups is 1. The zero-order chi connectivity index (χ0) is 17.4. The first kappa shape index (κ1) is 16.9. The maximum Gasteiger partial charge on any atom is 0.437 e. The van der Waals surface area contributed by atoms with E-state index >= 15 is 0 Å². The molecule has 2 heterocycles. The summed E-state index contributed by atoms with van der Waals surface area (Å²) in [5.41, 5.74) is -0.851. The first-order valence-electron chi connectivity index (χ1n) is 7.92. The van der Waals surface area contributed by atoms with E-state index in [1.807, 2.05) is 0 Å². The van der Waals surface area contributed by atoms with Crippen molar-refractivity contribution in [1.29, 1.82) is 0 Å². The van der Waals surface area contributed by atoms with Crippen LogP contribution in [0.2, 0.25) is 0 Å². The van der Waals surface area contributed by atoms with Gasteiger partial charge >= 0.3 is 12.3 Å². The molecule has 3 rings (SSSR count). The number of rotatable bonds is 3. The van der Waals surface area contributed by atoms with Gasteiger partial charge in [-0.3, -0.25) is 0 Å². The van der Waals surface area contributed by atoms with Crippen molar-refractivity contribution in [3.63, 3.8) is 0 Å². The van der Waals surface area contributed by atoms with Crippen LogP contribution in [0.25, 0.3) is 0 Å². The molecule has 24 heavy (non-hydrogen) atoms. The second kappa shape index (κ2) is 6.14. The number of likely N-dealkylation sites (tertiary alicyclic amines) is 1. The van der Waals surface area contributed by atoms with Crippen LogP contribution in [-0.2, 0) is 6.18 Å². The lowest BCUT2D eigenvalue weighted by Crippen LogP contribution is -2.49. The average Bonchev–Trinajstić information content (AvgIpc) is 2.50. The van der Waals surface area contributed by atoms with Crippen molar-refractivity contribution in [1.82, 2.24) is 9.88 Å². The quantitative estimate of drug-likeness (QED) is 0.909. The van der Waals surface area contributed by atoms with E-state index in [1.165, 1.54) is 17.0 Å². The highest BCUT2D eigenvalue weighted by Crippen LogP contribution is 2.52. The number of amides is 1. The Hall–Kier alpha value is -1.99. The fraction of sp³-hybridized carbons (Fsp3) is 0.625. The molecular formula is C16H19F3N2O3. The van der Waals surface area contributed by atoms with Crippen LogP contribution in [0.3, 0.4) is 0 Å². The molecule has 1 amide bonds. The van der Waals surface area contributed by atoms with E-state index in [0.717, 1.165) is 31.9 Å². The first-order chi connectivity index (χ1) is 11.3. The van der Waals surface area contributed by atoms with Crippen molar-refractivity contribution in [2.24, 2.45) is 11.3 Å². The normalized spacial score (nSPS) is 20.7. The average molecular weight is 344 g/mol. The Labute approximate surface area is 137 Å². The number of hydrogen-bond acceptors (Lipinski definition) is 3. The summed E-state index contributed by atoms with van der Waals surface area (Å²) < 4.78 is 44.0. The predicted molar refractivity (Wildman–Crippen MR) is 78.7 cm³/mol. The van der Waals surface area contributed by atoms with Crippen molar-refractivity contribution in [2.75, 3.05) is 19.7 Å². The summed E-state index contributed by atoms with van der Waals surface area (Å²) in [4.78, 5) is 15.7. The summed E-state index contributed by atoms with van der Waals surface area (Å²) >= 11 is 0. The van der Waals surface area contributed by atoms with Crippen LogP contribution in [0, 0.1) is 11.3 Å². The van der Waals surface area contributed by atoms with E-state index in [0.29, 0.717) is 13.1 Å². The highest BCUT2D eigenvalue weighted by molar-refractivity contribution is 5.65. The van der Waals surface area contributed by atoms with Gasteiger partial charge in [-0.1, -0.05) is 0 Å². The van der Waals surface area contributed by atoms with Crippen LogP contribution >= 0.6 is 0 Å². The predicted octanol–water partition coefficient (Wildman–Crippen LogP) is 3.65. The molecule has 1 N–H and O–H groups in total. The minimum atomic E-state index is -4.53. The second-order valence-corrected chi connectivity index (χ2v) is 6.70. The summed E-state index contributed by atoms with van der Waals surface area (Å²) in [6, 6.07) is 2.71. The van der Waals surface area contributed by atoms with E-state index in [2.05, 4.69) is 4.98 Å². The molecule has 1 aromatic rings. The highest BCUT2D eigenvalue weighted by Gasteiger charge is 2.46. The number of aromatic nitrogens is 1. The van der Waals surface area contributed by atoms with Crippen molar-refractivity contribution < 1.29 is 27.8 Å². The largest absolute Gasteiger partial charge is 0.491 e. The first-order valence-corrected chi connectivity index (χ1v) is 7.92. The SMILES string of the molecule is O=C(O)N1CCC2(CC1)CC(COc1cccnc1C(F)(F)F)C2. The van der Waals surface area contributed by atoms with Gasteiger partial charge in [-0.25, -0.2) is 9.78 Å². The fourth-order valence-corrected chi connectivity index (χ4v) is 3.79. The third-order valence-corrected chi connectivity index (χ3v) is 5.05. The van der Waals surface area contributed by atoms with E-state index in [4.69, 9.17) is 9.84 Å².